The van der Waals surface area contributed by atoms with E-state index >= 15 is 0 Å². The first-order valence-corrected chi connectivity index (χ1v) is 6.39. The van der Waals surface area contributed by atoms with Crippen LogP contribution in [-0.2, 0) is 18.9 Å². The van der Waals surface area contributed by atoms with Gasteiger partial charge in [-0.25, -0.2) is 4.99 Å². The van der Waals surface area contributed by atoms with E-state index in [0.717, 1.165) is 12.0 Å². The normalized spacial score (nSPS) is 29.5. The molecule has 1 fully saturated rings. The van der Waals surface area contributed by atoms with E-state index in [1.807, 2.05) is 30.3 Å². The molecule has 2 aliphatic heterocycles. The van der Waals surface area contributed by atoms with Crippen molar-refractivity contribution < 1.29 is 18.9 Å². The number of benzene rings is 1. The molecular formula is C14H17NO4. The standard InChI is InChI=1S/C14H17NO4/c1-16-9-18-11-7-12-14(17-8-11)15-13(19-12)10-5-3-2-4-6-10/h2-6,11-12,14H,7-9H2,1H3. The van der Waals surface area contributed by atoms with Gasteiger partial charge in [-0.1, -0.05) is 18.2 Å². The molecule has 19 heavy (non-hydrogen) atoms. The number of ether oxygens (including phenoxy) is 4. The fourth-order valence-electron chi connectivity index (χ4n) is 2.28. The van der Waals surface area contributed by atoms with E-state index < -0.39 is 0 Å². The zero-order chi connectivity index (χ0) is 13.1. The average molecular weight is 263 g/mol. The SMILES string of the molecule is COCOC1COC2N=C(c3ccccc3)OC2C1. The average Bonchev–Trinajstić information content (AvgIpc) is 2.89. The van der Waals surface area contributed by atoms with E-state index in [0.29, 0.717) is 12.5 Å². The molecule has 0 amide bonds. The summed E-state index contributed by atoms with van der Waals surface area (Å²) in [6, 6.07) is 9.87. The van der Waals surface area contributed by atoms with Gasteiger partial charge in [0.05, 0.1) is 12.7 Å². The molecule has 2 heterocycles. The fraction of sp³-hybridized carbons (Fsp3) is 0.500. The van der Waals surface area contributed by atoms with Gasteiger partial charge in [0.1, 0.15) is 12.9 Å². The lowest BCUT2D eigenvalue weighted by Gasteiger charge is -2.29. The monoisotopic (exact) mass is 263 g/mol. The van der Waals surface area contributed by atoms with E-state index in [1.54, 1.807) is 7.11 Å². The summed E-state index contributed by atoms with van der Waals surface area (Å²) in [4.78, 5) is 4.48. The first-order valence-electron chi connectivity index (χ1n) is 6.39. The Hall–Kier alpha value is -1.43. The van der Waals surface area contributed by atoms with Crippen LogP contribution >= 0.6 is 0 Å². The van der Waals surface area contributed by atoms with Crippen molar-refractivity contribution in [3.63, 3.8) is 0 Å². The van der Waals surface area contributed by atoms with E-state index in [4.69, 9.17) is 18.9 Å². The van der Waals surface area contributed by atoms with Crippen molar-refractivity contribution in [1.29, 1.82) is 0 Å². The number of nitrogens with zero attached hydrogens (tertiary/aromatic N) is 1. The molecule has 5 nitrogen and oxygen atoms in total. The molecular weight excluding hydrogens is 246 g/mol. The van der Waals surface area contributed by atoms with Crippen molar-refractivity contribution in [1.82, 2.24) is 0 Å². The zero-order valence-corrected chi connectivity index (χ0v) is 10.8. The van der Waals surface area contributed by atoms with Crippen LogP contribution in [0.1, 0.15) is 12.0 Å². The Bertz CT molecular complexity index is 448. The second-order valence-electron chi connectivity index (χ2n) is 4.61. The summed E-state index contributed by atoms with van der Waals surface area (Å²) in [6.07, 6.45) is 0.503. The van der Waals surface area contributed by atoms with Gasteiger partial charge in [-0.05, 0) is 12.1 Å². The largest absolute Gasteiger partial charge is 0.469 e. The predicted octanol–water partition coefficient (Wildman–Crippen LogP) is 1.57. The van der Waals surface area contributed by atoms with Gasteiger partial charge in [0.2, 0.25) is 5.90 Å². The minimum absolute atomic E-state index is 0.00604. The molecule has 5 heteroatoms. The Morgan fingerprint density at radius 1 is 1.32 bits per heavy atom. The summed E-state index contributed by atoms with van der Waals surface area (Å²) in [5.74, 6) is 0.656. The molecule has 0 spiro atoms. The number of methoxy groups -OCH3 is 1. The van der Waals surface area contributed by atoms with Crippen molar-refractivity contribution in [2.24, 2.45) is 4.99 Å². The molecule has 0 N–H and O–H groups in total. The van der Waals surface area contributed by atoms with Gasteiger partial charge < -0.3 is 18.9 Å². The van der Waals surface area contributed by atoms with Crippen LogP contribution in [0.25, 0.3) is 0 Å². The molecule has 0 aliphatic carbocycles. The van der Waals surface area contributed by atoms with Gasteiger partial charge in [0.25, 0.3) is 0 Å². The number of rotatable bonds is 4. The minimum atomic E-state index is -0.211. The summed E-state index contributed by atoms with van der Waals surface area (Å²) in [7, 11) is 1.61. The van der Waals surface area contributed by atoms with E-state index in [-0.39, 0.29) is 25.2 Å². The van der Waals surface area contributed by atoms with Crippen LogP contribution in [0.5, 0.6) is 0 Å². The van der Waals surface area contributed by atoms with E-state index in [9.17, 15) is 0 Å². The molecule has 2 aliphatic rings. The first kappa shape index (κ1) is 12.6. The van der Waals surface area contributed by atoms with Gasteiger partial charge >= 0.3 is 0 Å². The van der Waals surface area contributed by atoms with Crippen molar-refractivity contribution in [3.05, 3.63) is 35.9 Å². The number of hydrogen-bond donors (Lipinski definition) is 0. The van der Waals surface area contributed by atoms with Gasteiger partial charge in [-0.2, -0.15) is 0 Å². The molecule has 1 aromatic rings. The highest BCUT2D eigenvalue weighted by molar-refractivity contribution is 5.95. The van der Waals surface area contributed by atoms with Crippen molar-refractivity contribution in [3.8, 4) is 0 Å². The maximum absolute atomic E-state index is 5.87. The van der Waals surface area contributed by atoms with Crippen LogP contribution in [0.15, 0.2) is 35.3 Å². The molecule has 102 valence electrons. The summed E-state index contributed by atoms with van der Waals surface area (Å²) in [5.41, 5.74) is 0.981. The van der Waals surface area contributed by atoms with Crippen LogP contribution in [-0.4, -0.2) is 44.8 Å². The minimum Gasteiger partial charge on any atom is -0.469 e. The Kier molecular flexibility index (Phi) is 3.77. The lowest BCUT2D eigenvalue weighted by molar-refractivity contribution is -0.155. The number of hydrogen-bond acceptors (Lipinski definition) is 5. The molecule has 1 saturated heterocycles. The lowest BCUT2D eigenvalue weighted by atomic mass is 10.1. The first-order chi connectivity index (χ1) is 9.36. The smallest absolute Gasteiger partial charge is 0.219 e. The van der Waals surface area contributed by atoms with Gasteiger partial charge in [0, 0.05) is 19.1 Å². The molecule has 0 saturated carbocycles. The second-order valence-corrected chi connectivity index (χ2v) is 4.61. The number of fused-ring (bicyclic) bond motifs is 1. The Labute approximate surface area is 112 Å². The van der Waals surface area contributed by atoms with Crippen molar-refractivity contribution >= 4 is 5.90 Å². The quantitative estimate of drug-likeness (QED) is 0.774. The Morgan fingerprint density at radius 3 is 2.95 bits per heavy atom. The predicted molar refractivity (Wildman–Crippen MR) is 69.0 cm³/mol. The molecule has 3 atom stereocenters. The van der Waals surface area contributed by atoms with Crippen LogP contribution < -0.4 is 0 Å². The van der Waals surface area contributed by atoms with Gasteiger partial charge in [0.15, 0.2) is 6.23 Å². The van der Waals surface area contributed by atoms with Crippen LogP contribution in [0.3, 0.4) is 0 Å². The highest BCUT2D eigenvalue weighted by Crippen LogP contribution is 2.27. The third-order valence-corrected chi connectivity index (χ3v) is 3.22. The molecule has 0 radical (unpaired) electrons. The molecule has 3 unspecified atom stereocenters. The van der Waals surface area contributed by atoms with Crippen molar-refractivity contribution in [2.75, 3.05) is 20.5 Å². The molecule has 0 bridgehead atoms. The maximum Gasteiger partial charge on any atom is 0.219 e. The highest BCUT2D eigenvalue weighted by atomic mass is 16.7. The molecule has 3 rings (SSSR count). The van der Waals surface area contributed by atoms with Crippen LogP contribution in [0.4, 0.5) is 0 Å². The number of aliphatic imine (C=N–C) groups is 1. The summed E-state index contributed by atoms with van der Waals surface area (Å²) >= 11 is 0. The summed E-state index contributed by atoms with van der Waals surface area (Å²) in [5, 5.41) is 0. The Morgan fingerprint density at radius 2 is 2.16 bits per heavy atom. The van der Waals surface area contributed by atoms with Gasteiger partial charge in [-0.15, -0.1) is 0 Å². The van der Waals surface area contributed by atoms with Crippen LogP contribution in [0, 0.1) is 0 Å². The topological polar surface area (TPSA) is 49.3 Å². The lowest BCUT2D eigenvalue weighted by Crippen LogP contribution is -2.40. The van der Waals surface area contributed by atoms with E-state index in [1.165, 1.54) is 0 Å². The molecule has 1 aromatic carbocycles. The van der Waals surface area contributed by atoms with E-state index in [2.05, 4.69) is 4.99 Å². The molecule has 0 aromatic heterocycles. The third kappa shape index (κ3) is 2.78. The van der Waals surface area contributed by atoms with Crippen molar-refractivity contribution in [2.45, 2.75) is 24.9 Å². The summed E-state index contributed by atoms with van der Waals surface area (Å²) < 4.78 is 21.9. The second kappa shape index (κ2) is 5.69. The zero-order valence-electron chi connectivity index (χ0n) is 10.8. The van der Waals surface area contributed by atoms with Crippen LogP contribution in [0.2, 0.25) is 0 Å². The maximum atomic E-state index is 5.87. The highest BCUT2D eigenvalue weighted by Gasteiger charge is 2.38. The summed E-state index contributed by atoms with van der Waals surface area (Å²) in [6.45, 7) is 0.803. The fourth-order valence-corrected chi connectivity index (χ4v) is 2.28. The Balaban J connectivity index is 1.63. The van der Waals surface area contributed by atoms with Gasteiger partial charge in [-0.3, -0.25) is 0 Å². The third-order valence-electron chi connectivity index (χ3n) is 3.22.